The highest BCUT2D eigenvalue weighted by atomic mass is 16.3. The zero-order valence-electron chi connectivity index (χ0n) is 16.0. The van der Waals surface area contributed by atoms with Gasteiger partial charge < -0.3 is 5.11 Å². The fourth-order valence-corrected chi connectivity index (χ4v) is 4.27. The van der Waals surface area contributed by atoms with E-state index in [0.29, 0.717) is 0 Å². The number of pyridine rings is 1. The molecule has 29 heavy (non-hydrogen) atoms. The second-order valence-corrected chi connectivity index (χ2v) is 7.28. The SMILES string of the molecule is OCC(c1cnc2ccccc2c1-c1ccccc1)c1cccc2ccccc12. The van der Waals surface area contributed by atoms with E-state index in [1.165, 1.54) is 10.8 Å². The van der Waals surface area contributed by atoms with Crippen LogP contribution in [0.25, 0.3) is 32.8 Å². The Morgan fingerprint density at radius 1 is 0.655 bits per heavy atom. The van der Waals surface area contributed by atoms with Crippen molar-refractivity contribution >= 4 is 21.7 Å². The normalized spacial score (nSPS) is 12.3. The minimum atomic E-state index is -0.159. The maximum atomic E-state index is 10.5. The molecule has 5 aromatic rings. The van der Waals surface area contributed by atoms with Gasteiger partial charge in [0.2, 0.25) is 0 Å². The summed E-state index contributed by atoms with van der Waals surface area (Å²) in [6.45, 7) is 0.0217. The summed E-state index contributed by atoms with van der Waals surface area (Å²) in [6.07, 6.45) is 1.94. The van der Waals surface area contributed by atoms with E-state index in [2.05, 4.69) is 66.7 Å². The van der Waals surface area contributed by atoms with Gasteiger partial charge >= 0.3 is 0 Å². The summed E-state index contributed by atoms with van der Waals surface area (Å²) in [5, 5.41) is 14.0. The minimum absolute atomic E-state index is 0.0217. The Labute approximate surface area is 170 Å². The molecular weight excluding hydrogens is 354 g/mol. The predicted molar refractivity (Wildman–Crippen MR) is 120 cm³/mol. The third-order valence-corrected chi connectivity index (χ3v) is 5.62. The molecule has 0 saturated carbocycles. The Balaban J connectivity index is 1.81. The van der Waals surface area contributed by atoms with Gasteiger partial charge in [0.25, 0.3) is 0 Å². The molecule has 1 N–H and O–H groups in total. The van der Waals surface area contributed by atoms with Crippen LogP contribution in [0, 0.1) is 0 Å². The molecule has 0 fully saturated rings. The molecule has 2 nitrogen and oxygen atoms in total. The van der Waals surface area contributed by atoms with Crippen molar-refractivity contribution in [3.8, 4) is 11.1 Å². The minimum Gasteiger partial charge on any atom is -0.395 e. The zero-order chi connectivity index (χ0) is 19.6. The van der Waals surface area contributed by atoms with Crippen molar-refractivity contribution in [1.82, 2.24) is 4.98 Å². The number of hydrogen-bond acceptors (Lipinski definition) is 2. The average molecular weight is 375 g/mol. The summed E-state index contributed by atoms with van der Waals surface area (Å²) in [7, 11) is 0. The van der Waals surface area contributed by atoms with E-state index in [0.717, 1.165) is 33.2 Å². The van der Waals surface area contributed by atoms with Crippen LogP contribution in [0.5, 0.6) is 0 Å². The first kappa shape index (κ1) is 17.6. The molecule has 5 rings (SSSR count). The molecule has 140 valence electrons. The average Bonchev–Trinajstić information content (AvgIpc) is 2.80. The molecule has 0 aliphatic rings. The smallest absolute Gasteiger partial charge is 0.0708 e. The lowest BCUT2D eigenvalue weighted by atomic mass is 9.84. The molecule has 1 aromatic heterocycles. The van der Waals surface area contributed by atoms with Crippen LogP contribution in [0.3, 0.4) is 0 Å². The van der Waals surface area contributed by atoms with E-state index in [1.54, 1.807) is 0 Å². The highest BCUT2D eigenvalue weighted by molar-refractivity contribution is 5.97. The van der Waals surface area contributed by atoms with Gasteiger partial charge in [0.05, 0.1) is 12.1 Å². The standard InChI is InChI=1S/C27H21NO/c29-18-25(22-15-8-12-19-9-4-5-13-21(19)22)24-17-28-26-16-7-6-14-23(26)27(24)20-10-2-1-3-11-20/h1-17,25,29H,18H2. The lowest BCUT2D eigenvalue weighted by molar-refractivity contribution is 0.281. The highest BCUT2D eigenvalue weighted by Crippen LogP contribution is 2.39. The molecule has 1 atom stereocenters. The Bertz CT molecular complexity index is 1290. The molecule has 1 unspecified atom stereocenters. The van der Waals surface area contributed by atoms with Crippen molar-refractivity contribution in [2.24, 2.45) is 0 Å². The molecule has 1 heterocycles. The number of fused-ring (bicyclic) bond motifs is 2. The first-order valence-electron chi connectivity index (χ1n) is 9.88. The second-order valence-electron chi connectivity index (χ2n) is 7.28. The first-order valence-corrected chi connectivity index (χ1v) is 9.88. The van der Waals surface area contributed by atoms with Gasteiger partial charge in [-0.2, -0.15) is 0 Å². The van der Waals surface area contributed by atoms with Crippen LogP contribution in [0.1, 0.15) is 17.0 Å². The molecule has 2 heteroatoms. The van der Waals surface area contributed by atoms with E-state index >= 15 is 0 Å². The lowest BCUT2D eigenvalue weighted by Crippen LogP contribution is -2.09. The van der Waals surface area contributed by atoms with E-state index in [1.807, 2.05) is 36.5 Å². The maximum Gasteiger partial charge on any atom is 0.0708 e. The Morgan fingerprint density at radius 2 is 1.34 bits per heavy atom. The quantitative estimate of drug-likeness (QED) is 0.407. The summed E-state index contributed by atoms with van der Waals surface area (Å²) < 4.78 is 0. The van der Waals surface area contributed by atoms with Gasteiger partial charge in [0, 0.05) is 17.5 Å². The van der Waals surface area contributed by atoms with Gasteiger partial charge in [-0.1, -0.05) is 91.0 Å². The number of rotatable bonds is 4. The predicted octanol–water partition coefficient (Wildman–Crippen LogP) is 6.18. The molecular formula is C27H21NO. The Morgan fingerprint density at radius 3 is 2.17 bits per heavy atom. The fourth-order valence-electron chi connectivity index (χ4n) is 4.27. The van der Waals surface area contributed by atoms with Crippen LogP contribution in [-0.2, 0) is 0 Å². The van der Waals surface area contributed by atoms with Crippen molar-refractivity contribution in [2.45, 2.75) is 5.92 Å². The zero-order valence-corrected chi connectivity index (χ0v) is 16.0. The van der Waals surface area contributed by atoms with E-state index in [-0.39, 0.29) is 12.5 Å². The maximum absolute atomic E-state index is 10.5. The van der Waals surface area contributed by atoms with Crippen molar-refractivity contribution < 1.29 is 5.11 Å². The number of hydrogen-bond donors (Lipinski definition) is 1. The summed E-state index contributed by atoms with van der Waals surface area (Å²) in [6, 6.07) is 33.3. The van der Waals surface area contributed by atoms with Gasteiger partial charge in [-0.15, -0.1) is 0 Å². The molecule has 0 amide bonds. The summed E-state index contributed by atoms with van der Waals surface area (Å²) in [5.41, 5.74) is 5.42. The first-order chi connectivity index (χ1) is 14.4. The topological polar surface area (TPSA) is 33.1 Å². The molecule has 0 spiro atoms. The monoisotopic (exact) mass is 375 g/mol. The third kappa shape index (κ3) is 3.08. The van der Waals surface area contributed by atoms with Crippen molar-refractivity contribution in [2.75, 3.05) is 6.61 Å². The third-order valence-electron chi connectivity index (χ3n) is 5.62. The Hall–Kier alpha value is -3.49. The van der Waals surface area contributed by atoms with E-state index < -0.39 is 0 Å². The highest BCUT2D eigenvalue weighted by Gasteiger charge is 2.22. The fraction of sp³-hybridized carbons (Fsp3) is 0.0741. The molecule has 0 bridgehead atoms. The summed E-state index contributed by atoms with van der Waals surface area (Å²) >= 11 is 0. The van der Waals surface area contributed by atoms with E-state index in [9.17, 15) is 5.11 Å². The van der Waals surface area contributed by atoms with Gasteiger partial charge in [0.15, 0.2) is 0 Å². The van der Waals surface area contributed by atoms with Crippen LogP contribution >= 0.6 is 0 Å². The molecule has 0 aliphatic heterocycles. The van der Waals surface area contributed by atoms with Gasteiger partial charge in [0.1, 0.15) is 0 Å². The number of benzene rings is 4. The number of para-hydroxylation sites is 1. The van der Waals surface area contributed by atoms with Crippen LogP contribution < -0.4 is 0 Å². The molecule has 0 aliphatic carbocycles. The Kier molecular flexibility index (Phi) is 4.55. The number of aliphatic hydroxyl groups excluding tert-OH is 1. The van der Waals surface area contributed by atoms with Gasteiger partial charge in [-0.25, -0.2) is 0 Å². The summed E-state index contributed by atoms with van der Waals surface area (Å²) in [5.74, 6) is -0.159. The summed E-state index contributed by atoms with van der Waals surface area (Å²) in [4.78, 5) is 4.73. The van der Waals surface area contributed by atoms with Crippen LogP contribution in [0.15, 0.2) is 103 Å². The van der Waals surface area contributed by atoms with Crippen molar-refractivity contribution in [1.29, 1.82) is 0 Å². The van der Waals surface area contributed by atoms with Gasteiger partial charge in [-0.3, -0.25) is 4.98 Å². The number of aromatic nitrogens is 1. The van der Waals surface area contributed by atoms with Crippen LogP contribution in [0.2, 0.25) is 0 Å². The molecule has 0 radical (unpaired) electrons. The largest absolute Gasteiger partial charge is 0.395 e. The number of aliphatic hydroxyl groups is 1. The second kappa shape index (κ2) is 7.50. The van der Waals surface area contributed by atoms with Crippen LogP contribution in [-0.4, -0.2) is 16.7 Å². The molecule has 4 aromatic carbocycles. The van der Waals surface area contributed by atoms with Crippen LogP contribution in [0.4, 0.5) is 0 Å². The van der Waals surface area contributed by atoms with Gasteiger partial charge in [-0.05, 0) is 39.1 Å². The number of nitrogens with zero attached hydrogens (tertiary/aromatic N) is 1. The van der Waals surface area contributed by atoms with Crippen molar-refractivity contribution in [3.63, 3.8) is 0 Å². The lowest BCUT2D eigenvalue weighted by Gasteiger charge is -2.22. The van der Waals surface area contributed by atoms with Crippen molar-refractivity contribution in [3.05, 3.63) is 114 Å². The molecule has 0 saturated heterocycles. The van der Waals surface area contributed by atoms with E-state index in [4.69, 9.17) is 4.98 Å².